The molecule has 0 aliphatic heterocycles. The van der Waals surface area contributed by atoms with Crippen molar-refractivity contribution in [2.24, 2.45) is 0 Å². The van der Waals surface area contributed by atoms with Crippen molar-refractivity contribution < 1.29 is 18.7 Å². The monoisotopic (exact) mass is 345 g/mol. The fourth-order valence-electron chi connectivity index (χ4n) is 2.37. The third-order valence-electron chi connectivity index (χ3n) is 4.14. The minimum atomic E-state index is -0.222. The molecule has 0 aliphatic rings. The molecule has 0 saturated carbocycles. The molecule has 136 valence electrons. The number of hydrogen-bond acceptors (Lipinski definition) is 4. The summed E-state index contributed by atoms with van der Waals surface area (Å²) in [6.45, 7) is 5.85. The summed E-state index contributed by atoms with van der Waals surface area (Å²) in [6, 6.07) is 11.5. The molecule has 1 aromatic heterocycles. The van der Waals surface area contributed by atoms with Crippen molar-refractivity contribution in [3.8, 4) is 5.75 Å². The lowest BCUT2D eigenvalue weighted by atomic mass is 9.99. The smallest absolute Gasteiger partial charge is 0.286 e. The topological polar surface area (TPSA) is 60.7 Å². The van der Waals surface area contributed by atoms with Crippen molar-refractivity contribution in [3.63, 3.8) is 0 Å². The van der Waals surface area contributed by atoms with Crippen LogP contribution in [0, 0.1) is 0 Å². The van der Waals surface area contributed by atoms with Crippen molar-refractivity contribution in [1.82, 2.24) is 5.32 Å². The van der Waals surface area contributed by atoms with Crippen molar-refractivity contribution in [2.45, 2.75) is 39.2 Å². The van der Waals surface area contributed by atoms with Crippen molar-refractivity contribution in [1.29, 1.82) is 0 Å². The normalized spacial score (nSPS) is 12.0. The van der Waals surface area contributed by atoms with Crippen LogP contribution in [0.3, 0.4) is 0 Å². The molecule has 2 aromatic rings. The van der Waals surface area contributed by atoms with Crippen LogP contribution >= 0.6 is 0 Å². The molecular formula is C20H27NO4. The molecule has 1 aromatic carbocycles. The summed E-state index contributed by atoms with van der Waals surface area (Å²) in [7, 11) is 1.64. The number of ether oxygens (including phenoxy) is 2. The van der Waals surface area contributed by atoms with Gasteiger partial charge in [0.1, 0.15) is 18.1 Å². The molecule has 0 fully saturated rings. The lowest BCUT2D eigenvalue weighted by Gasteiger charge is -2.10. The molecule has 1 N–H and O–H groups in total. The first-order valence-electron chi connectivity index (χ1n) is 8.72. The summed E-state index contributed by atoms with van der Waals surface area (Å²) in [4.78, 5) is 11.9. The van der Waals surface area contributed by atoms with Crippen LogP contribution in [0.4, 0.5) is 0 Å². The van der Waals surface area contributed by atoms with E-state index < -0.39 is 0 Å². The Morgan fingerprint density at radius 1 is 1.20 bits per heavy atom. The third-order valence-corrected chi connectivity index (χ3v) is 4.14. The van der Waals surface area contributed by atoms with Gasteiger partial charge in [-0.2, -0.15) is 0 Å². The second-order valence-corrected chi connectivity index (χ2v) is 6.04. The Hall–Kier alpha value is -2.27. The third kappa shape index (κ3) is 5.94. The first kappa shape index (κ1) is 19.1. The molecular weight excluding hydrogens is 318 g/mol. The Morgan fingerprint density at radius 3 is 2.64 bits per heavy atom. The maximum Gasteiger partial charge on any atom is 0.286 e. The van der Waals surface area contributed by atoms with E-state index in [4.69, 9.17) is 13.9 Å². The molecule has 0 aliphatic carbocycles. The number of amides is 1. The maximum absolute atomic E-state index is 11.9. The zero-order valence-corrected chi connectivity index (χ0v) is 15.2. The van der Waals surface area contributed by atoms with E-state index in [1.54, 1.807) is 19.2 Å². The van der Waals surface area contributed by atoms with E-state index in [0.717, 1.165) is 18.6 Å². The molecule has 0 radical (unpaired) electrons. The van der Waals surface area contributed by atoms with Gasteiger partial charge in [0, 0.05) is 20.3 Å². The number of benzene rings is 1. The SMILES string of the molecule is CCC(C)c1ccc(OCc2ccc(C(=O)NCCCOC)o2)cc1. The van der Waals surface area contributed by atoms with Gasteiger partial charge in [0.2, 0.25) is 0 Å². The van der Waals surface area contributed by atoms with Crippen molar-refractivity contribution in [3.05, 3.63) is 53.5 Å². The molecule has 1 atom stereocenters. The van der Waals surface area contributed by atoms with Gasteiger partial charge in [-0.15, -0.1) is 0 Å². The highest BCUT2D eigenvalue weighted by Crippen LogP contribution is 2.22. The average Bonchev–Trinajstić information content (AvgIpc) is 3.12. The van der Waals surface area contributed by atoms with Gasteiger partial charge in [-0.1, -0.05) is 26.0 Å². The van der Waals surface area contributed by atoms with Crippen molar-refractivity contribution in [2.75, 3.05) is 20.3 Å². The van der Waals surface area contributed by atoms with E-state index in [2.05, 4.69) is 31.3 Å². The first-order valence-corrected chi connectivity index (χ1v) is 8.72. The molecule has 0 saturated heterocycles. The summed E-state index contributed by atoms with van der Waals surface area (Å²) in [5.41, 5.74) is 1.31. The highest BCUT2D eigenvalue weighted by atomic mass is 16.5. The van der Waals surface area contributed by atoms with Crippen LogP contribution in [0.15, 0.2) is 40.8 Å². The predicted molar refractivity (Wildman–Crippen MR) is 97.0 cm³/mol. The summed E-state index contributed by atoms with van der Waals surface area (Å²) < 4.78 is 16.2. The van der Waals surface area contributed by atoms with Crippen LogP contribution < -0.4 is 10.1 Å². The number of methoxy groups -OCH3 is 1. The number of carbonyl (C=O) groups is 1. The summed E-state index contributed by atoms with van der Waals surface area (Å²) in [5, 5.41) is 2.79. The average molecular weight is 345 g/mol. The fourth-order valence-corrected chi connectivity index (χ4v) is 2.37. The Morgan fingerprint density at radius 2 is 1.96 bits per heavy atom. The van der Waals surface area contributed by atoms with Gasteiger partial charge in [0.05, 0.1) is 0 Å². The van der Waals surface area contributed by atoms with E-state index in [-0.39, 0.29) is 5.91 Å². The Kier molecular flexibility index (Phi) is 7.54. The molecule has 0 bridgehead atoms. The minimum absolute atomic E-state index is 0.222. The van der Waals surface area contributed by atoms with Crippen LogP contribution in [-0.4, -0.2) is 26.2 Å². The molecule has 2 rings (SSSR count). The van der Waals surface area contributed by atoms with Crippen LogP contribution in [0.1, 0.15) is 54.5 Å². The highest BCUT2D eigenvalue weighted by Gasteiger charge is 2.11. The zero-order chi connectivity index (χ0) is 18.1. The van der Waals surface area contributed by atoms with E-state index in [9.17, 15) is 4.79 Å². The van der Waals surface area contributed by atoms with Crippen molar-refractivity contribution >= 4 is 5.91 Å². The molecule has 1 amide bonds. The largest absolute Gasteiger partial charge is 0.486 e. The quantitative estimate of drug-likeness (QED) is 0.658. The van der Waals surface area contributed by atoms with E-state index in [1.165, 1.54) is 5.56 Å². The number of rotatable bonds is 10. The van der Waals surface area contributed by atoms with Gasteiger partial charge in [0.15, 0.2) is 5.76 Å². The van der Waals surface area contributed by atoms with Gasteiger partial charge in [-0.25, -0.2) is 0 Å². The number of furan rings is 1. The number of hydrogen-bond donors (Lipinski definition) is 1. The summed E-state index contributed by atoms with van der Waals surface area (Å²) in [5.74, 6) is 2.02. The molecule has 5 heteroatoms. The zero-order valence-electron chi connectivity index (χ0n) is 15.2. The van der Waals surface area contributed by atoms with E-state index in [0.29, 0.717) is 37.2 Å². The van der Waals surface area contributed by atoms with E-state index >= 15 is 0 Å². The van der Waals surface area contributed by atoms with Crippen LogP contribution in [0.5, 0.6) is 5.75 Å². The Bertz CT molecular complexity index is 648. The highest BCUT2D eigenvalue weighted by molar-refractivity contribution is 5.91. The molecule has 5 nitrogen and oxygen atoms in total. The molecule has 1 heterocycles. The lowest BCUT2D eigenvalue weighted by molar-refractivity contribution is 0.0917. The van der Waals surface area contributed by atoms with Gasteiger partial charge in [-0.3, -0.25) is 4.79 Å². The van der Waals surface area contributed by atoms with Crippen LogP contribution in [-0.2, 0) is 11.3 Å². The fraction of sp³-hybridized carbons (Fsp3) is 0.450. The maximum atomic E-state index is 11.9. The Balaban J connectivity index is 1.81. The second kappa shape index (κ2) is 9.89. The number of nitrogens with one attached hydrogen (secondary N) is 1. The minimum Gasteiger partial charge on any atom is -0.486 e. The number of carbonyl (C=O) groups excluding carboxylic acids is 1. The van der Waals surface area contributed by atoms with Crippen LogP contribution in [0.25, 0.3) is 0 Å². The molecule has 1 unspecified atom stereocenters. The molecule has 25 heavy (non-hydrogen) atoms. The standard InChI is InChI=1S/C20H27NO4/c1-4-15(2)16-6-8-17(9-7-16)24-14-18-10-11-19(25-18)20(22)21-12-5-13-23-3/h6-11,15H,4-5,12-14H2,1-3H3,(H,21,22). The summed E-state index contributed by atoms with van der Waals surface area (Å²) >= 11 is 0. The molecule has 0 spiro atoms. The van der Waals surface area contributed by atoms with Gasteiger partial charge in [-0.05, 0) is 48.6 Å². The van der Waals surface area contributed by atoms with Gasteiger partial charge in [0.25, 0.3) is 5.91 Å². The van der Waals surface area contributed by atoms with Gasteiger partial charge >= 0.3 is 0 Å². The lowest BCUT2D eigenvalue weighted by Crippen LogP contribution is -2.24. The van der Waals surface area contributed by atoms with Crippen LogP contribution in [0.2, 0.25) is 0 Å². The van der Waals surface area contributed by atoms with E-state index in [1.807, 2.05) is 12.1 Å². The Labute approximate surface area is 149 Å². The second-order valence-electron chi connectivity index (χ2n) is 6.04. The first-order chi connectivity index (χ1) is 12.1. The predicted octanol–water partition coefficient (Wildman–Crippen LogP) is 4.14. The summed E-state index contributed by atoms with van der Waals surface area (Å²) in [6.07, 6.45) is 1.88. The van der Waals surface area contributed by atoms with Gasteiger partial charge < -0.3 is 19.2 Å².